The largest absolute Gasteiger partial charge is 0.329 e. The molecule has 2 heterocycles. The molecule has 7 heteroatoms. The molecule has 1 aliphatic rings. The minimum atomic E-state index is -0.677. The van der Waals surface area contributed by atoms with Gasteiger partial charge >= 0.3 is 0 Å². The van der Waals surface area contributed by atoms with Crippen LogP contribution in [0.15, 0.2) is 43.2 Å². The number of halogens is 2. The van der Waals surface area contributed by atoms with Gasteiger partial charge in [-0.1, -0.05) is 27.0 Å². The van der Waals surface area contributed by atoms with Crippen LogP contribution in [0.5, 0.6) is 0 Å². The molecule has 1 aromatic rings. The molecule has 2 atom stereocenters. The summed E-state index contributed by atoms with van der Waals surface area (Å²) in [6.07, 6.45) is 4.66. The van der Waals surface area contributed by atoms with Crippen molar-refractivity contribution in [3.05, 3.63) is 54.4 Å². The molecular weight excluding hydrogens is 324 g/mol. The van der Waals surface area contributed by atoms with E-state index in [0.717, 1.165) is 31.7 Å². The second-order valence-electron chi connectivity index (χ2n) is 5.61. The van der Waals surface area contributed by atoms with Crippen molar-refractivity contribution in [1.29, 1.82) is 0 Å². The van der Waals surface area contributed by atoms with E-state index in [2.05, 4.69) is 28.3 Å². The van der Waals surface area contributed by atoms with Crippen LogP contribution in [0.4, 0.5) is 8.78 Å². The maximum absolute atomic E-state index is 11.6. The lowest BCUT2D eigenvalue weighted by Crippen LogP contribution is -2.40. The van der Waals surface area contributed by atoms with Crippen LogP contribution in [0, 0.1) is 0 Å². The van der Waals surface area contributed by atoms with Crippen LogP contribution in [0.1, 0.15) is 38.4 Å². The minimum absolute atomic E-state index is 0.204. The highest BCUT2D eigenvalue weighted by Gasteiger charge is 2.26. The average molecular weight is 355 g/mol. The molecule has 0 amide bonds. The zero-order valence-corrected chi connectivity index (χ0v) is 15.4. The molecule has 0 fully saturated rings. The third-order valence-corrected chi connectivity index (χ3v) is 3.42. The number of aromatic nitrogens is 2. The van der Waals surface area contributed by atoms with Gasteiger partial charge in [0.2, 0.25) is 0 Å². The summed E-state index contributed by atoms with van der Waals surface area (Å²) >= 11 is 0. The minimum Gasteiger partial charge on any atom is -0.329 e. The van der Waals surface area contributed by atoms with Gasteiger partial charge in [0, 0.05) is 37.3 Å². The summed E-state index contributed by atoms with van der Waals surface area (Å²) in [5.41, 5.74) is 14.1. The van der Waals surface area contributed by atoms with Gasteiger partial charge in [0.1, 0.15) is 11.7 Å². The highest BCUT2D eigenvalue weighted by atomic mass is 19.1. The van der Waals surface area contributed by atoms with Gasteiger partial charge in [-0.05, 0) is 25.5 Å². The molecule has 0 spiro atoms. The summed E-state index contributed by atoms with van der Waals surface area (Å²) in [4.78, 5) is 2.37. The highest BCUT2D eigenvalue weighted by molar-refractivity contribution is 5.20. The molecule has 2 rings (SSSR count). The molecule has 0 saturated heterocycles. The van der Waals surface area contributed by atoms with E-state index in [0.29, 0.717) is 12.6 Å². The summed E-state index contributed by atoms with van der Waals surface area (Å²) in [7, 11) is 0. The quantitative estimate of drug-likeness (QED) is 0.684. The summed E-state index contributed by atoms with van der Waals surface area (Å²) in [5.74, 6) is -1.35. The Bertz CT molecular complexity index is 515. The van der Waals surface area contributed by atoms with Crippen LogP contribution >= 0.6 is 0 Å². The van der Waals surface area contributed by atoms with E-state index in [9.17, 15) is 8.78 Å². The summed E-state index contributed by atoms with van der Waals surface area (Å²) in [5, 5.41) is 7.03. The van der Waals surface area contributed by atoms with Crippen molar-refractivity contribution in [3.63, 3.8) is 0 Å². The molecule has 0 unspecified atom stereocenters. The van der Waals surface area contributed by atoms with Gasteiger partial charge in [0.25, 0.3) is 0 Å². The number of hydrogen-bond donors (Lipinski definition) is 3. The molecule has 5 N–H and O–H groups in total. The lowest BCUT2D eigenvalue weighted by atomic mass is 10.1. The van der Waals surface area contributed by atoms with E-state index in [1.165, 1.54) is 11.3 Å². The number of nitrogens with two attached hydrogens (primary N) is 2. The first kappa shape index (κ1) is 23.2. The number of allylic oxidation sites excluding steroid dienone is 4. The van der Waals surface area contributed by atoms with Crippen LogP contribution in [-0.2, 0) is 13.1 Å². The van der Waals surface area contributed by atoms with Crippen LogP contribution in [0.25, 0.3) is 0 Å². The number of fused-ring (bicyclic) bond motifs is 1. The van der Waals surface area contributed by atoms with E-state index in [1.54, 1.807) is 0 Å². The number of rotatable bonds is 6. The molecule has 0 saturated carbocycles. The Morgan fingerprint density at radius 1 is 1.32 bits per heavy atom. The lowest BCUT2D eigenvalue weighted by molar-refractivity contribution is 0.185. The molecule has 0 aromatic carbocycles. The first-order valence-electron chi connectivity index (χ1n) is 8.41. The fourth-order valence-electron chi connectivity index (χ4n) is 2.35. The Hall–Kier alpha value is -1.83. The van der Waals surface area contributed by atoms with Crippen molar-refractivity contribution < 1.29 is 8.78 Å². The van der Waals surface area contributed by atoms with E-state index in [-0.39, 0.29) is 6.04 Å². The van der Waals surface area contributed by atoms with E-state index in [4.69, 9.17) is 11.5 Å². The number of hydrogen-bond acceptors (Lipinski definition) is 4. The van der Waals surface area contributed by atoms with Crippen molar-refractivity contribution in [3.8, 4) is 0 Å². The van der Waals surface area contributed by atoms with Crippen LogP contribution in [0.2, 0.25) is 0 Å². The number of H-pyrrole nitrogens is 1. The Balaban J connectivity index is 0.000000493. The van der Waals surface area contributed by atoms with Gasteiger partial charge in [-0.3, -0.25) is 10.00 Å². The lowest BCUT2D eigenvalue weighted by Gasteiger charge is -2.27. The average Bonchev–Trinajstić information content (AvgIpc) is 3.14. The molecule has 0 radical (unpaired) electrons. The molecule has 1 aromatic heterocycles. The molecular formula is C18H31F2N5. The van der Waals surface area contributed by atoms with Crippen molar-refractivity contribution in [2.24, 2.45) is 11.5 Å². The fourth-order valence-corrected chi connectivity index (χ4v) is 2.35. The maximum atomic E-state index is 11.6. The van der Waals surface area contributed by atoms with Crippen LogP contribution < -0.4 is 11.5 Å². The standard InChI is InChI=1S/C10H19N5.C6H6F2.C2H6/c1-7(12)2-9(3-11)15-5-8-4-13-14-10(8)6-15;1-5(7)3-4-6(2)8;1-2/h4,7,9H,2-3,5-6,11-12H2,1H3,(H,13,14);3-4H,1-2H2;1-2H3/b;4-3-;/t7-,9-;;/m1../s1. The molecule has 25 heavy (non-hydrogen) atoms. The van der Waals surface area contributed by atoms with Gasteiger partial charge in [-0.25, -0.2) is 8.78 Å². The van der Waals surface area contributed by atoms with E-state index >= 15 is 0 Å². The monoisotopic (exact) mass is 355 g/mol. The van der Waals surface area contributed by atoms with Crippen molar-refractivity contribution in [2.75, 3.05) is 6.54 Å². The third kappa shape index (κ3) is 9.28. The zero-order valence-electron chi connectivity index (χ0n) is 15.4. The summed E-state index contributed by atoms with van der Waals surface area (Å²) < 4.78 is 23.1. The summed E-state index contributed by atoms with van der Waals surface area (Å²) in [6.45, 7) is 14.3. The molecule has 142 valence electrons. The first-order valence-corrected chi connectivity index (χ1v) is 8.41. The first-order chi connectivity index (χ1) is 11.8. The van der Waals surface area contributed by atoms with Gasteiger partial charge in [-0.15, -0.1) is 0 Å². The second-order valence-corrected chi connectivity index (χ2v) is 5.61. The smallest absolute Gasteiger partial charge is 0.116 e. The Kier molecular flexibility index (Phi) is 11.6. The van der Waals surface area contributed by atoms with Gasteiger partial charge in [0.05, 0.1) is 11.9 Å². The number of nitrogens with zero attached hydrogens (tertiary/aromatic N) is 2. The molecule has 1 aliphatic heterocycles. The van der Waals surface area contributed by atoms with Gasteiger partial charge in [0.15, 0.2) is 0 Å². The Morgan fingerprint density at radius 3 is 2.28 bits per heavy atom. The number of nitrogens with one attached hydrogen (secondary N) is 1. The highest BCUT2D eigenvalue weighted by Crippen LogP contribution is 2.23. The van der Waals surface area contributed by atoms with Crippen LogP contribution in [-0.4, -0.2) is 33.7 Å². The van der Waals surface area contributed by atoms with Crippen LogP contribution in [0.3, 0.4) is 0 Å². The predicted octanol–water partition coefficient (Wildman–Crippen LogP) is 3.33. The van der Waals surface area contributed by atoms with Gasteiger partial charge < -0.3 is 11.5 Å². The number of aromatic amines is 1. The molecule has 0 bridgehead atoms. The van der Waals surface area contributed by atoms with Gasteiger partial charge in [-0.2, -0.15) is 5.10 Å². The normalized spacial score (nSPS) is 15.5. The Morgan fingerprint density at radius 2 is 1.88 bits per heavy atom. The topological polar surface area (TPSA) is 84.0 Å². The second kappa shape index (κ2) is 12.5. The van der Waals surface area contributed by atoms with E-state index < -0.39 is 11.7 Å². The third-order valence-electron chi connectivity index (χ3n) is 3.42. The summed E-state index contributed by atoms with van der Waals surface area (Å²) in [6, 6.07) is 0.585. The van der Waals surface area contributed by atoms with Crippen molar-refractivity contribution in [1.82, 2.24) is 15.1 Å². The fraction of sp³-hybridized carbons (Fsp3) is 0.500. The van der Waals surface area contributed by atoms with Crippen molar-refractivity contribution >= 4 is 0 Å². The van der Waals surface area contributed by atoms with Crippen molar-refractivity contribution in [2.45, 2.75) is 52.4 Å². The predicted molar refractivity (Wildman–Crippen MR) is 99.9 cm³/mol. The maximum Gasteiger partial charge on any atom is 0.116 e. The Labute approximate surface area is 149 Å². The molecule has 0 aliphatic carbocycles. The van der Waals surface area contributed by atoms with E-state index in [1.807, 2.05) is 27.0 Å². The zero-order chi connectivity index (χ0) is 19.4. The SMILES string of the molecule is C=C(F)/C=C\C(=C)F.CC.C[C@@H](N)C[C@H](CN)N1Cc2cn[nH]c2C1. The molecule has 5 nitrogen and oxygen atoms in total.